The minimum Gasteiger partial charge on any atom is -0.497 e. The summed E-state index contributed by atoms with van der Waals surface area (Å²) in [6, 6.07) is 5.01. The second-order valence-electron chi connectivity index (χ2n) is 7.25. The summed E-state index contributed by atoms with van der Waals surface area (Å²) in [4.78, 5) is 2.54. The molecule has 1 aliphatic heterocycles. The number of nitrogens with zero attached hydrogens (tertiary/aromatic N) is 1. The van der Waals surface area contributed by atoms with Gasteiger partial charge < -0.3 is 9.47 Å². The van der Waals surface area contributed by atoms with Gasteiger partial charge in [-0.25, -0.2) is 13.1 Å². The average molecular weight is 385 g/mol. The van der Waals surface area contributed by atoms with Crippen molar-refractivity contribution in [1.82, 2.24) is 9.62 Å². The first-order valence-electron chi connectivity index (χ1n) is 9.33. The van der Waals surface area contributed by atoms with E-state index in [1.807, 2.05) is 0 Å². The summed E-state index contributed by atoms with van der Waals surface area (Å²) in [7, 11) is -0.704. The van der Waals surface area contributed by atoms with E-state index in [4.69, 9.17) is 9.47 Å². The summed E-state index contributed by atoms with van der Waals surface area (Å²) in [5.74, 6) is 1.32. The van der Waals surface area contributed by atoms with Crippen LogP contribution >= 0.6 is 0 Å². The molecule has 7 heteroatoms. The Bertz CT molecular complexity index is 670. The molecule has 0 saturated carbocycles. The Labute approximate surface area is 157 Å². The van der Waals surface area contributed by atoms with Crippen molar-refractivity contribution in [3.63, 3.8) is 0 Å². The van der Waals surface area contributed by atoms with E-state index >= 15 is 0 Å². The number of sulfonamides is 1. The molecule has 1 atom stereocenters. The molecule has 1 heterocycles. The van der Waals surface area contributed by atoms with E-state index in [-0.39, 0.29) is 10.9 Å². The molecule has 26 heavy (non-hydrogen) atoms. The fourth-order valence-corrected chi connectivity index (χ4v) is 4.72. The second kappa shape index (κ2) is 9.58. The summed E-state index contributed by atoms with van der Waals surface area (Å²) >= 11 is 0. The zero-order chi connectivity index (χ0) is 19.2. The number of benzene rings is 1. The van der Waals surface area contributed by atoms with Gasteiger partial charge in [-0.3, -0.25) is 4.90 Å². The molecule has 1 aliphatic rings. The number of rotatable bonds is 9. The quantitative estimate of drug-likeness (QED) is 0.709. The fraction of sp³-hybridized carbons (Fsp3) is 0.684. The molecule has 0 radical (unpaired) electrons. The van der Waals surface area contributed by atoms with Crippen LogP contribution in [0.25, 0.3) is 0 Å². The van der Waals surface area contributed by atoms with Crippen LogP contribution in [0.4, 0.5) is 0 Å². The van der Waals surface area contributed by atoms with Crippen LogP contribution < -0.4 is 14.2 Å². The van der Waals surface area contributed by atoms with Crippen LogP contribution in [-0.2, 0) is 10.0 Å². The minimum absolute atomic E-state index is 0.112. The van der Waals surface area contributed by atoms with Crippen LogP contribution in [0.3, 0.4) is 0 Å². The van der Waals surface area contributed by atoms with E-state index in [2.05, 4.69) is 23.5 Å². The third-order valence-electron chi connectivity index (χ3n) is 4.82. The van der Waals surface area contributed by atoms with E-state index in [0.29, 0.717) is 24.0 Å². The molecule has 0 aliphatic carbocycles. The Morgan fingerprint density at radius 1 is 1.12 bits per heavy atom. The van der Waals surface area contributed by atoms with Crippen LogP contribution in [0.5, 0.6) is 11.5 Å². The third kappa shape index (κ3) is 5.59. The Morgan fingerprint density at radius 3 is 2.38 bits per heavy atom. The highest BCUT2D eigenvalue weighted by Crippen LogP contribution is 2.28. The summed E-state index contributed by atoms with van der Waals surface area (Å²) in [6.07, 6.45) is 4.60. The molecule has 1 aromatic rings. The van der Waals surface area contributed by atoms with E-state index in [1.54, 1.807) is 12.1 Å². The van der Waals surface area contributed by atoms with Crippen molar-refractivity contribution >= 4 is 10.0 Å². The van der Waals surface area contributed by atoms with E-state index in [9.17, 15) is 8.42 Å². The predicted octanol–water partition coefficient (Wildman–Crippen LogP) is 2.88. The molecule has 148 valence electrons. The first-order chi connectivity index (χ1) is 12.4. The first-order valence-corrected chi connectivity index (χ1v) is 10.8. The number of nitrogens with one attached hydrogen (secondary N) is 1. The lowest BCUT2D eigenvalue weighted by molar-refractivity contribution is 0.146. The maximum absolute atomic E-state index is 12.9. The maximum Gasteiger partial charge on any atom is 0.244 e. The molecule has 1 unspecified atom stereocenters. The minimum atomic E-state index is -3.69. The van der Waals surface area contributed by atoms with Crippen molar-refractivity contribution in [2.24, 2.45) is 5.92 Å². The van der Waals surface area contributed by atoms with Gasteiger partial charge in [-0.1, -0.05) is 20.3 Å². The zero-order valence-corrected chi connectivity index (χ0v) is 17.1. The molecule has 0 spiro atoms. The Hall–Kier alpha value is -1.31. The molecule has 1 fully saturated rings. The Morgan fingerprint density at radius 2 is 1.81 bits per heavy atom. The Balaban J connectivity index is 2.16. The van der Waals surface area contributed by atoms with Gasteiger partial charge in [0, 0.05) is 18.7 Å². The van der Waals surface area contributed by atoms with Crippen molar-refractivity contribution in [1.29, 1.82) is 0 Å². The van der Waals surface area contributed by atoms with Crippen LogP contribution in [0, 0.1) is 5.92 Å². The van der Waals surface area contributed by atoms with Crippen LogP contribution in [0.1, 0.15) is 39.5 Å². The van der Waals surface area contributed by atoms with E-state index in [0.717, 1.165) is 19.5 Å². The van der Waals surface area contributed by atoms with Gasteiger partial charge in [0.05, 0.1) is 14.2 Å². The SMILES string of the molecule is COc1ccc(OC)c(S(=O)(=O)NCC(CC(C)C)N2CCCCC2)c1. The maximum atomic E-state index is 12.9. The van der Waals surface area contributed by atoms with Gasteiger partial charge in [-0.15, -0.1) is 0 Å². The molecule has 6 nitrogen and oxygen atoms in total. The number of methoxy groups -OCH3 is 2. The largest absolute Gasteiger partial charge is 0.497 e. The number of ether oxygens (including phenoxy) is 2. The number of likely N-dealkylation sites (tertiary alicyclic amines) is 1. The van der Waals surface area contributed by atoms with Gasteiger partial charge in [0.1, 0.15) is 16.4 Å². The second-order valence-corrected chi connectivity index (χ2v) is 8.98. The zero-order valence-electron chi connectivity index (χ0n) is 16.3. The highest BCUT2D eigenvalue weighted by atomic mass is 32.2. The number of hydrogen-bond acceptors (Lipinski definition) is 5. The highest BCUT2D eigenvalue weighted by molar-refractivity contribution is 7.89. The average Bonchev–Trinajstić information content (AvgIpc) is 2.65. The van der Waals surface area contributed by atoms with Crippen molar-refractivity contribution < 1.29 is 17.9 Å². The Kier molecular flexibility index (Phi) is 7.73. The number of piperidine rings is 1. The molecule has 1 aromatic carbocycles. The molecule has 0 amide bonds. The smallest absolute Gasteiger partial charge is 0.244 e. The molecule has 1 N–H and O–H groups in total. The predicted molar refractivity (Wildman–Crippen MR) is 103 cm³/mol. The monoisotopic (exact) mass is 384 g/mol. The molecule has 0 bridgehead atoms. The molecule has 1 saturated heterocycles. The normalized spacial score (nSPS) is 17.3. The topological polar surface area (TPSA) is 67.9 Å². The van der Waals surface area contributed by atoms with Crippen LogP contribution in [0.2, 0.25) is 0 Å². The standard InChI is InChI=1S/C19H32N2O4S/c1-15(2)12-16(21-10-6-5-7-11-21)14-20-26(22,23)19-13-17(24-3)8-9-18(19)25-4/h8-9,13,15-16,20H,5-7,10-12,14H2,1-4H3. The van der Waals surface area contributed by atoms with Gasteiger partial charge in [0.25, 0.3) is 0 Å². The van der Waals surface area contributed by atoms with Gasteiger partial charge >= 0.3 is 0 Å². The third-order valence-corrected chi connectivity index (χ3v) is 6.26. The van der Waals surface area contributed by atoms with Gasteiger partial charge in [-0.05, 0) is 50.4 Å². The summed E-state index contributed by atoms with van der Waals surface area (Å²) in [5, 5.41) is 0. The lowest BCUT2D eigenvalue weighted by Gasteiger charge is -2.35. The molecule has 2 rings (SSSR count). The van der Waals surface area contributed by atoms with Gasteiger partial charge in [0.15, 0.2) is 0 Å². The number of hydrogen-bond donors (Lipinski definition) is 1. The van der Waals surface area contributed by atoms with Crippen molar-refractivity contribution in [2.75, 3.05) is 33.9 Å². The van der Waals surface area contributed by atoms with Crippen molar-refractivity contribution in [3.8, 4) is 11.5 Å². The highest BCUT2D eigenvalue weighted by Gasteiger charge is 2.26. The summed E-state index contributed by atoms with van der Waals surface area (Å²) < 4.78 is 39.0. The molecular weight excluding hydrogens is 352 g/mol. The molecular formula is C19H32N2O4S. The molecule has 0 aromatic heterocycles. The van der Waals surface area contributed by atoms with E-state index in [1.165, 1.54) is 39.5 Å². The van der Waals surface area contributed by atoms with Crippen LogP contribution in [-0.4, -0.2) is 53.2 Å². The fourth-order valence-electron chi connectivity index (χ4n) is 3.47. The van der Waals surface area contributed by atoms with Crippen molar-refractivity contribution in [3.05, 3.63) is 18.2 Å². The van der Waals surface area contributed by atoms with Gasteiger partial charge in [0.2, 0.25) is 10.0 Å². The van der Waals surface area contributed by atoms with Crippen molar-refractivity contribution in [2.45, 2.75) is 50.5 Å². The van der Waals surface area contributed by atoms with Gasteiger partial charge in [-0.2, -0.15) is 0 Å². The van der Waals surface area contributed by atoms with E-state index < -0.39 is 10.0 Å². The first kappa shape index (κ1) is 21.0. The van der Waals surface area contributed by atoms with Crippen LogP contribution in [0.15, 0.2) is 23.1 Å². The summed E-state index contributed by atoms with van der Waals surface area (Å²) in [5.41, 5.74) is 0. The lowest BCUT2D eigenvalue weighted by atomic mass is 10.00. The summed E-state index contributed by atoms with van der Waals surface area (Å²) in [6.45, 7) is 6.84. The lowest BCUT2D eigenvalue weighted by Crippen LogP contribution is -2.46.